The molecule has 0 amide bonds. The summed E-state index contributed by atoms with van der Waals surface area (Å²) in [4.78, 5) is 0. The summed E-state index contributed by atoms with van der Waals surface area (Å²) in [6.45, 7) is 0. The lowest BCUT2D eigenvalue weighted by molar-refractivity contribution is 1.44. The quantitative estimate of drug-likeness (QED) is 0.875. The van der Waals surface area contributed by atoms with Gasteiger partial charge in [0.25, 0.3) is 0 Å². The molecule has 2 aromatic carbocycles. The number of rotatable bonds is 2. The summed E-state index contributed by atoms with van der Waals surface area (Å²) >= 11 is 9.25. The smallest absolute Gasteiger partial charge is 0.101 e. The molecule has 0 aliphatic carbocycles. The Labute approximate surface area is 124 Å². The highest BCUT2D eigenvalue weighted by Gasteiger charge is 2.05. The lowest BCUT2D eigenvalue weighted by Gasteiger charge is -2.09. The van der Waals surface area contributed by atoms with Gasteiger partial charge in [-0.05, 0) is 36.4 Å². The first-order valence-electron chi connectivity index (χ1n) is 5.30. The SMILES string of the molecule is N#Cc1cc(Br)cc(Nc2cc(Cl)ccc2C#N)c1. The van der Waals surface area contributed by atoms with Crippen molar-refractivity contribution < 1.29 is 0 Å². The second-order valence-electron chi connectivity index (χ2n) is 3.77. The van der Waals surface area contributed by atoms with E-state index in [2.05, 4.69) is 33.4 Å². The molecule has 5 heteroatoms. The predicted octanol–water partition coefficient (Wildman–Crippen LogP) is 4.59. The van der Waals surface area contributed by atoms with Crippen LogP contribution >= 0.6 is 27.5 Å². The van der Waals surface area contributed by atoms with Gasteiger partial charge < -0.3 is 5.32 Å². The van der Waals surface area contributed by atoms with Gasteiger partial charge in [0, 0.05) is 15.2 Å². The summed E-state index contributed by atoms with van der Waals surface area (Å²) in [6, 6.07) is 14.4. The maximum Gasteiger partial charge on any atom is 0.101 e. The fourth-order valence-corrected chi connectivity index (χ4v) is 2.26. The molecule has 0 saturated carbocycles. The minimum atomic E-state index is 0.489. The van der Waals surface area contributed by atoms with E-state index in [1.54, 1.807) is 30.3 Å². The Hall–Kier alpha value is -2.01. The lowest BCUT2D eigenvalue weighted by Crippen LogP contribution is -1.94. The first kappa shape index (κ1) is 13.4. The summed E-state index contributed by atoms with van der Waals surface area (Å²) in [5.74, 6) is 0. The highest BCUT2D eigenvalue weighted by atomic mass is 79.9. The molecule has 3 nitrogen and oxygen atoms in total. The topological polar surface area (TPSA) is 59.6 Å². The Kier molecular flexibility index (Phi) is 4.06. The van der Waals surface area contributed by atoms with Crippen LogP contribution in [0.25, 0.3) is 0 Å². The molecule has 0 unspecified atom stereocenters. The maximum atomic E-state index is 9.05. The molecule has 0 bridgehead atoms. The van der Waals surface area contributed by atoms with E-state index in [0.29, 0.717) is 27.5 Å². The Morgan fingerprint density at radius 2 is 1.84 bits per heavy atom. The van der Waals surface area contributed by atoms with Crippen molar-refractivity contribution in [2.45, 2.75) is 0 Å². The average molecular weight is 333 g/mol. The highest BCUT2D eigenvalue weighted by molar-refractivity contribution is 9.10. The fourth-order valence-electron chi connectivity index (χ4n) is 1.60. The molecule has 2 aromatic rings. The third-order valence-corrected chi connectivity index (χ3v) is 3.10. The molecule has 0 aliphatic rings. The number of anilines is 2. The van der Waals surface area contributed by atoms with Crippen molar-refractivity contribution in [2.75, 3.05) is 5.32 Å². The Morgan fingerprint density at radius 3 is 2.53 bits per heavy atom. The van der Waals surface area contributed by atoms with E-state index >= 15 is 0 Å². The van der Waals surface area contributed by atoms with Crippen LogP contribution in [0.2, 0.25) is 5.02 Å². The van der Waals surface area contributed by atoms with Gasteiger partial charge in [-0.1, -0.05) is 27.5 Å². The normalized spacial score (nSPS) is 9.47. The third kappa shape index (κ3) is 3.26. The first-order chi connectivity index (χ1) is 9.12. The average Bonchev–Trinajstić information content (AvgIpc) is 2.38. The summed E-state index contributed by atoms with van der Waals surface area (Å²) < 4.78 is 0.787. The van der Waals surface area contributed by atoms with Gasteiger partial charge in [-0.15, -0.1) is 0 Å². The van der Waals surface area contributed by atoms with E-state index in [4.69, 9.17) is 22.1 Å². The number of nitriles is 2. The van der Waals surface area contributed by atoms with Gasteiger partial charge in [0.05, 0.1) is 22.9 Å². The van der Waals surface area contributed by atoms with Crippen molar-refractivity contribution in [1.82, 2.24) is 0 Å². The van der Waals surface area contributed by atoms with Gasteiger partial charge in [-0.2, -0.15) is 10.5 Å². The monoisotopic (exact) mass is 331 g/mol. The van der Waals surface area contributed by atoms with Crippen LogP contribution in [0.15, 0.2) is 40.9 Å². The zero-order valence-corrected chi connectivity index (χ0v) is 12.0. The number of benzene rings is 2. The molecule has 0 heterocycles. The number of halogens is 2. The molecular weight excluding hydrogens is 326 g/mol. The van der Waals surface area contributed by atoms with E-state index in [9.17, 15) is 0 Å². The first-order valence-corrected chi connectivity index (χ1v) is 6.47. The molecule has 0 aromatic heterocycles. The molecular formula is C14H7BrClN3. The summed E-state index contributed by atoms with van der Waals surface area (Å²) in [6.07, 6.45) is 0. The van der Waals surface area contributed by atoms with E-state index < -0.39 is 0 Å². The molecule has 0 spiro atoms. The number of hydrogen-bond donors (Lipinski definition) is 1. The molecule has 92 valence electrons. The predicted molar refractivity (Wildman–Crippen MR) is 78.3 cm³/mol. The molecule has 0 atom stereocenters. The Bertz CT molecular complexity index is 714. The second-order valence-corrected chi connectivity index (χ2v) is 5.12. The van der Waals surface area contributed by atoms with Gasteiger partial charge in [-0.25, -0.2) is 0 Å². The van der Waals surface area contributed by atoms with Crippen molar-refractivity contribution in [3.05, 3.63) is 57.0 Å². The molecule has 0 radical (unpaired) electrons. The largest absolute Gasteiger partial charge is 0.354 e. The van der Waals surface area contributed by atoms with Crippen LogP contribution in [-0.4, -0.2) is 0 Å². The van der Waals surface area contributed by atoms with E-state index in [1.165, 1.54) is 0 Å². The van der Waals surface area contributed by atoms with Gasteiger partial charge in [0.2, 0.25) is 0 Å². The van der Waals surface area contributed by atoms with Crippen LogP contribution in [0.5, 0.6) is 0 Å². The summed E-state index contributed by atoms with van der Waals surface area (Å²) in [5.41, 5.74) is 2.34. The minimum absolute atomic E-state index is 0.489. The Morgan fingerprint density at radius 1 is 1.05 bits per heavy atom. The van der Waals surface area contributed by atoms with Crippen molar-refractivity contribution in [3.8, 4) is 12.1 Å². The molecule has 2 rings (SSSR count). The van der Waals surface area contributed by atoms with Gasteiger partial charge in [0.1, 0.15) is 6.07 Å². The van der Waals surface area contributed by atoms with E-state index in [1.807, 2.05) is 6.07 Å². The van der Waals surface area contributed by atoms with Crippen molar-refractivity contribution in [3.63, 3.8) is 0 Å². The van der Waals surface area contributed by atoms with Crippen molar-refractivity contribution >= 4 is 38.9 Å². The lowest BCUT2D eigenvalue weighted by atomic mass is 10.1. The van der Waals surface area contributed by atoms with Crippen LogP contribution in [-0.2, 0) is 0 Å². The van der Waals surface area contributed by atoms with Crippen LogP contribution in [0.3, 0.4) is 0 Å². The van der Waals surface area contributed by atoms with Crippen LogP contribution in [0, 0.1) is 22.7 Å². The standard InChI is InChI=1S/C14H7BrClN3/c15-11-3-9(7-17)4-13(5-11)19-14-6-12(16)2-1-10(14)8-18/h1-6,19H. The zero-order valence-electron chi connectivity index (χ0n) is 9.61. The molecule has 0 saturated heterocycles. The number of nitrogens with zero attached hydrogens (tertiary/aromatic N) is 2. The van der Waals surface area contributed by atoms with Crippen LogP contribution in [0.4, 0.5) is 11.4 Å². The van der Waals surface area contributed by atoms with Crippen molar-refractivity contribution in [2.24, 2.45) is 0 Å². The van der Waals surface area contributed by atoms with Gasteiger partial charge in [-0.3, -0.25) is 0 Å². The van der Waals surface area contributed by atoms with Gasteiger partial charge in [0.15, 0.2) is 0 Å². The summed E-state index contributed by atoms with van der Waals surface area (Å²) in [5, 5.41) is 21.6. The van der Waals surface area contributed by atoms with Crippen molar-refractivity contribution in [1.29, 1.82) is 10.5 Å². The summed E-state index contributed by atoms with van der Waals surface area (Å²) in [7, 11) is 0. The highest BCUT2D eigenvalue weighted by Crippen LogP contribution is 2.26. The molecule has 19 heavy (non-hydrogen) atoms. The van der Waals surface area contributed by atoms with E-state index in [0.717, 1.165) is 4.47 Å². The molecule has 1 N–H and O–H groups in total. The minimum Gasteiger partial charge on any atom is -0.354 e. The third-order valence-electron chi connectivity index (χ3n) is 2.41. The fraction of sp³-hybridized carbons (Fsp3) is 0. The molecule has 0 fully saturated rings. The van der Waals surface area contributed by atoms with Gasteiger partial charge >= 0.3 is 0 Å². The van der Waals surface area contributed by atoms with E-state index in [-0.39, 0.29) is 0 Å². The zero-order chi connectivity index (χ0) is 13.8. The van der Waals surface area contributed by atoms with Crippen LogP contribution < -0.4 is 5.32 Å². The Balaban J connectivity index is 2.42. The van der Waals surface area contributed by atoms with Crippen LogP contribution in [0.1, 0.15) is 11.1 Å². The number of hydrogen-bond acceptors (Lipinski definition) is 3. The maximum absolute atomic E-state index is 9.05. The number of nitrogens with one attached hydrogen (secondary N) is 1. The second kappa shape index (κ2) is 5.75. The molecule has 0 aliphatic heterocycles.